The van der Waals surface area contributed by atoms with Crippen molar-refractivity contribution in [2.75, 3.05) is 38.1 Å². The molecule has 3 heterocycles. The van der Waals surface area contributed by atoms with Crippen molar-refractivity contribution in [1.29, 1.82) is 0 Å². The zero-order valence-electron chi connectivity index (χ0n) is 25.5. The highest BCUT2D eigenvalue weighted by atomic mass is 35.5. The standard InChI is InChI=1S/C33H31ClF3N5O4/c1-16(2)27-28(17(3)9-10-39-27)42-30-19(15-20(34)23(26(30)37)24-21(36)7-6-8-22(24)43)29(25(33(42)46)31(44)38-5)40-11-13-41(14-12-40)32(45)18(4)35/h6-10,15-16,43H,4,11-14H2,1-3,5H3,(H,38,44). The first kappa shape index (κ1) is 32.6. The number of carbonyl (C=O) groups excluding carboxylic acids is 2. The van der Waals surface area contributed by atoms with Gasteiger partial charge in [-0.2, -0.15) is 0 Å². The number of aromatic hydroxyl groups is 1. The van der Waals surface area contributed by atoms with Crippen LogP contribution >= 0.6 is 11.6 Å². The summed E-state index contributed by atoms with van der Waals surface area (Å²) in [7, 11) is 1.34. The van der Waals surface area contributed by atoms with Gasteiger partial charge >= 0.3 is 0 Å². The quantitative estimate of drug-likeness (QED) is 0.262. The number of aryl methyl sites for hydroxylation is 1. The summed E-state index contributed by atoms with van der Waals surface area (Å²) in [6, 6.07) is 6.43. The van der Waals surface area contributed by atoms with Gasteiger partial charge in [0.1, 0.15) is 17.1 Å². The molecule has 9 nitrogen and oxygen atoms in total. The predicted octanol–water partition coefficient (Wildman–Crippen LogP) is 5.61. The average molecular weight is 654 g/mol. The van der Waals surface area contributed by atoms with Crippen molar-refractivity contribution >= 4 is 40.0 Å². The Bertz CT molecular complexity index is 1970. The third-order valence-electron chi connectivity index (χ3n) is 8.06. The summed E-state index contributed by atoms with van der Waals surface area (Å²) >= 11 is 6.67. The number of anilines is 1. The van der Waals surface area contributed by atoms with Crippen LogP contribution in [0.3, 0.4) is 0 Å². The maximum absolute atomic E-state index is 17.2. The van der Waals surface area contributed by atoms with E-state index >= 15 is 8.78 Å². The molecule has 0 spiro atoms. The average Bonchev–Trinajstić information content (AvgIpc) is 3.01. The van der Waals surface area contributed by atoms with E-state index in [2.05, 4.69) is 16.9 Å². The van der Waals surface area contributed by atoms with Crippen molar-refractivity contribution in [3.8, 4) is 22.6 Å². The summed E-state index contributed by atoms with van der Waals surface area (Å²) in [4.78, 5) is 47.8. The summed E-state index contributed by atoms with van der Waals surface area (Å²) in [5.74, 6) is -5.68. The topological polar surface area (TPSA) is 108 Å². The molecule has 0 aliphatic carbocycles. The van der Waals surface area contributed by atoms with Gasteiger partial charge in [0.15, 0.2) is 11.6 Å². The molecule has 240 valence electrons. The summed E-state index contributed by atoms with van der Waals surface area (Å²) in [6.07, 6.45) is 1.55. The van der Waals surface area contributed by atoms with E-state index in [-0.39, 0.29) is 65.0 Å². The number of phenolic OH excluding ortho intramolecular Hbond substituents is 1. The van der Waals surface area contributed by atoms with Crippen molar-refractivity contribution in [2.24, 2.45) is 0 Å². The minimum atomic E-state index is -1.13. The first-order chi connectivity index (χ1) is 21.8. The number of pyridine rings is 2. The lowest BCUT2D eigenvalue weighted by Gasteiger charge is -2.37. The molecular weight excluding hydrogens is 623 g/mol. The Hall–Kier alpha value is -4.84. The van der Waals surface area contributed by atoms with E-state index in [9.17, 15) is 23.9 Å². The lowest BCUT2D eigenvalue weighted by Crippen LogP contribution is -2.50. The molecule has 46 heavy (non-hydrogen) atoms. The second kappa shape index (κ2) is 12.5. The fourth-order valence-corrected chi connectivity index (χ4v) is 6.19. The third-order valence-corrected chi connectivity index (χ3v) is 8.36. The van der Waals surface area contributed by atoms with Crippen molar-refractivity contribution < 1.29 is 27.9 Å². The summed E-state index contributed by atoms with van der Waals surface area (Å²) in [5.41, 5.74) is -1.31. The highest BCUT2D eigenvalue weighted by molar-refractivity contribution is 6.34. The zero-order chi connectivity index (χ0) is 33.6. The molecule has 0 radical (unpaired) electrons. The zero-order valence-corrected chi connectivity index (χ0v) is 26.3. The molecule has 0 saturated carbocycles. The van der Waals surface area contributed by atoms with Gasteiger partial charge in [-0.1, -0.05) is 38.1 Å². The maximum Gasteiger partial charge on any atom is 0.282 e. The number of carbonyl (C=O) groups is 2. The molecule has 5 rings (SSSR count). The molecule has 2 aromatic heterocycles. The molecule has 0 unspecified atom stereocenters. The lowest BCUT2D eigenvalue weighted by atomic mass is 9.97. The number of nitrogens with zero attached hydrogens (tertiary/aromatic N) is 4. The number of nitrogens with one attached hydrogen (secondary N) is 1. The SMILES string of the molecule is C=C(F)C(=O)N1CCN(c2c(C(=O)NC)c(=O)n(-c3c(C)ccnc3C(C)C)c3c(F)c(-c4c(O)cccc4F)c(Cl)cc23)CC1. The van der Waals surface area contributed by atoms with Crippen LogP contribution in [0.25, 0.3) is 27.7 Å². The number of phenols is 1. The van der Waals surface area contributed by atoms with Crippen molar-refractivity contribution in [1.82, 2.24) is 19.8 Å². The van der Waals surface area contributed by atoms with Gasteiger partial charge in [-0.3, -0.25) is 23.9 Å². The van der Waals surface area contributed by atoms with Gasteiger partial charge < -0.3 is 20.2 Å². The molecule has 0 bridgehead atoms. The lowest BCUT2D eigenvalue weighted by molar-refractivity contribution is -0.128. The van der Waals surface area contributed by atoms with Crippen LogP contribution in [0.5, 0.6) is 5.75 Å². The van der Waals surface area contributed by atoms with E-state index in [0.717, 1.165) is 10.6 Å². The van der Waals surface area contributed by atoms with E-state index in [1.54, 1.807) is 24.1 Å². The highest BCUT2D eigenvalue weighted by Gasteiger charge is 2.34. The fourth-order valence-electron chi connectivity index (χ4n) is 5.91. The number of hydrogen-bond donors (Lipinski definition) is 2. The van der Waals surface area contributed by atoms with E-state index in [1.807, 2.05) is 13.8 Å². The van der Waals surface area contributed by atoms with Crippen LogP contribution < -0.4 is 15.8 Å². The Morgan fingerprint density at radius 1 is 1.09 bits per heavy atom. The smallest absolute Gasteiger partial charge is 0.282 e. The second-order valence-corrected chi connectivity index (χ2v) is 11.6. The van der Waals surface area contributed by atoms with Crippen molar-refractivity contribution in [2.45, 2.75) is 26.7 Å². The minimum Gasteiger partial charge on any atom is -0.507 e. The van der Waals surface area contributed by atoms with Crippen molar-refractivity contribution in [3.05, 3.63) is 92.8 Å². The molecule has 4 aromatic rings. The Balaban J connectivity index is 1.96. The Labute approximate surface area is 267 Å². The van der Waals surface area contributed by atoms with Gasteiger partial charge in [-0.15, -0.1) is 0 Å². The van der Waals surface area contributed by atoms with Crippen LogP contribution in [0.15, 0.2) is 53.7 Å². The first-order valence-corrected chi connectivity index (χ1v) is 14.8. The van der Waals surface area contributed by atoms with Crippen LogP contribution in [0.4, 0.5) is 18.9 Å². The van der Waals surface area contributed by atoms with E-state index in [1.165, 1.54) is 30.1 Å². The summed E-state index contributed by atoms with van der Waals surface area (Å²) in [5, 5.41) is 12.8. The normalized spacial score (nSPS) is 13.4. The fraction of sp³-hybridized carbons (Fsp3) is 0.273. The van der Waals surface area contributed by atoms with E-state index in [4.69, 9.17) is 11.6 Å². The molecular formula is C33H31ClF3N5O4. The number of rotatable bonds is 6. The number of halogens is 4. The van der Waals surface area contributed by atoms with Crippen LogP contribution in [-0.2, 0) is 4.79 Å². The Morgan fingerprint density at radius 3 is 2.35 bits per heavy atom. The Morgan fingerprint density at radius 2 is 1.76 bits per heavy atom. The molecule has 1 aliphatic rings. The van der Waals surface area contributed by atoms with Crippen LogP contribution in [-0.4, -0.2) is 64.6 Å². The molecule has 1 saturated heterocycles. The van der Waals surface area contributed by atoms with Crippen LogP contribution in [0.2, 0.25) is 5.02 Å². The third kappa shape index (κ3) is 5.36. The summed E-state index contributed by atoms with van der Waals surface area (Å²) in [6.45, 7) is 8.56. The predicted molar refractivity (Wildman–Crippen MR) is 171 cm³/mol. The second-order valence-electron chi connectivity index (χ2n) is 11.2. The van der Waals surface area contributed by atoms with Gasteiger partial charge in [0, 0.05) is 50.4 Å². The van der Waals surface area contributed by atoms with E-state index < -0.39 is 51.7 Å². The van der Waals surface area contributed by atoms with Crippen LogP contribution in [0.1, 0.15) is 41.4 Å². The number of fused-ring (bicyclic) bond motifs is 1. The van der Waals surface area contributed by atoms with E-state index in [0.29, 0.717) is 11.3 Å². The molecule has 1 fully saturated rings. The molecule has 13 heteroatoms. The number of benzene rings is 2. The maximum atomic E-state index is 17.2. The van der Waals surface area contributed by atoms with Crippen LogP contribution in [0, 0.1) is 18.6 Å². The molecule has 0 atom stereocenters. The molecule has 2 N–H and O–H groups in total. The number of piperazine rings is 1. The molecule has 2 aromatic carbocycles. The van der Waals surface area contributed by atoms with Crippen molar-refractivity contribution in [3.63, 3.8) is 0 Å². The monoisotopic (exact) mass is 653 g/mol. The van der Waals surface area contributed by atoms with Gasteiger partial charge in [-0.05, 0) is 42.7 Å². The van der Waals surface area contributed by atoms with Gasteiger partial charge in [0.05, 0.1) is 33.2 Å². The highest BCUT2D eigenvalue weighted by Crippen LogP contribution is 2.44. The van der Waals surface area contributed by atoms with Gasteiger partial charge in [0.25, 0.3) is 17.4 Å². The van der Waals surface area contributed by atoms with Gasteiger partial charge in [0.2, 0.25) is 0 Å². The number of amides is 2. The Kier molecular flexibility index (Phi) is 8.85. The number of hydrogen-bond acceptors (Lipinski definition) is 6. The number of aromatic nitrogens is 2. The van der Waals surface area contributed by atoms with Gasteiger partial charge in [-0.25, -0.2) is 13.2 Å². The largest absolute Gasteiger partial charge is 0.507 e. The minimum absolute atomic E-state index is 0.0101. The first-order valence-electron chi connectivity index (χ1n) is 14.4. The molecule has 1 aliphatic heterocycles. The molecule has 2 amide bonds. The summed E-state index contributed by atoms with van der Waals surface area (Å²) < 4.78 is 47.1.